The van der Waals surface area contributed by atoms with E-state index in [1.807, 2.05) is 0 Å². The highest BCUT2D eigenvalue weighted by Crippen LogP contribution is 2.29. The molecule has 98 valence electrons. The molecule has 1 aromatic rings. The van der Waals surface area contributed by atoms with Crippen LogP contribution in [0, 0.1) is 10.1 Å². The van der Waals surface area contributed by atoms with Crippen molar-refractivity contribution in [2.24, 2.45) is 5.84 Å². The largest absolute Gasteiger partial charge is 0.381 e. The number of hydrogen-bond acceptors (Lipinski definition) is 8. The van der Waals surface area contributed by atoms with Gasteiger partial charge in [-0.15, -0.1) is 0 Å². The molecule has 0 saturated carbocycles. The minimum absolute atomic E-state index is 0.00967. The molecule has 0 aromatic carbocycles. The molecule has 0 spiro atoms. The van der Waals surface area contributed by atoms with Crippen molar-refractivity contribution < 1.29 is 9.66 Å². The molecule has 9 heteroatoms. The molecule has 4 N–H and O–H groups in total. The number of aromatic nitrogens is 2. The van der Waals surface area contributed by atoms with Crippen LogP contribution in [-0.2, 0) is 4.74 Å². The maximum absolute atomic E-state index is 11.0. The fraction of sp³-hybridized carbons (Fsp3) is 0.556. The zero-order chi connectivity index (χ0) is 13.0. The van der Waals surface area contributed by atoms with Gasteiger partial charge < -0.3 is 15.5 Å². The van der Waals surface area contributed by atoms with Crippen molar-refractivity contribution in [1.29, 1.82) is 0 Å². The van der Waals surface area contributed by atoms with Crippen LogP contribution >= 0.6 is 0 Å². The average Bonchev–Trinajstić information content (AvgIpc) is 2.39. The number of hydrogen-bond donors (Lipinski definition) is 3. The van der Waals surface area contributed by atoms with Crippen LogP contribution in [0.5, 0.6) is 0 Å². The molecule has 0 atom stereocenters. The second kappa shape index (κ2) is 5.56. The SMILES string of the molecule is NNc1ncnc(NC2CCOCC2)c1[N+](=O)[O-]. The van der Waals surface area contributed by atoms with Gasteiger partial charge in [-0.3, -0.25) is 10.1 Å². The van der Waals surface area contributed by atoms with Crippen LogP contribution in [0.15, 0.2) is 6.33 Å². The Morgan fingerprint density at radius 1 is 1.39 bits per heavy atom. The molecular weight excluding hydrogens is 240 g/mol. The quantitative estimate of drug-likeness (QED) is 0.396. The molecule has 1 aromatic heterocycles. The summed E-state index contributed by atoms with van der Waals surface area (Å²) in [6.45, 7) is 1.27. The minimum Gasteiger partial charge on any atom is -0.381 e. The summed E-state index contributed by atoms with van der Waals surface area (Å²) >= 11 is 0. The summed E-state index contributed by atoms with van der Waals surface area (Å²) in [5.74, 6) is 5.36. The lowest BCUT2D eigenvalue weighted by molar-refractivity contribution is -0.383. The van der Waals surface area contributed by atoms with E-state index in [1.54, 1.807) is 0 Å². The van der Waals surface area contributed by atoms with E-state index in [0.29, 0.717) is 13.2 Å². The van der Waals surface area contributed by atoms with Gasteiger partial charge in [-0.05, 0) is 12.8 Å². The Balaban J connectivity index is 2.23. The summed E-state index contributed by atoms with van der Waals surface area (Å²) < 4.78 is 5.22. The lowest BCUT2D eigenvalue weighted by atomic mass is 10.1. The molecule has 2 rings (SSSR count). The first kappa shape index (κ1) is 12.5. The molecule has 0 aliphatic carbocycles. The van der Waals surface area contributed by atoms with Crippen molar-refractivity contribution in [2.75, 3.05) is 24.0 Å². The summed E-state index contributed by atoms with van der Waals surface area (Å²) in [5, 5.41) is 14.0. The van der Waals surface area contributed by atoms with E-state index in [1.165, 1.54) is 6.33 Å². The van der Waals surface area contributed by atoms with Crippen LogP contribution in [0.2, 0.25) is 0 Å². The predicted octanol–water partition coefficient (Wildman–Crippen LogP) is 0.261. The monoisotopic (exact) mass is 254 g/mol. The van der Waals surface area contributed by atoms with E-state index in [4.69, 9.17) is 10.6 Å². The van der Waals surface area contributed by atoms with Crippen molar-refractivity contribution in [3.8, 4) is 0 Å². The van der Waals surface area contributed by atoms with Gasteiger partial charge in [0.15, 0.2) is 0 Å². The second-order valence-corrected chi connectivity index (χ2v) is 3.85. The number of nitro groups is 1. The zero-order valence-electron chi connectivity index (χ0n) is 9.63. The van der Waals surface area contributed by atoms with Crippen molar-refractivity contribution in [2.45, 2.75) is 18.9 Å². The van der Waals surface area contributed by atoms with Gasteiger partial charge in [-0.1, -0.05) is 0 Å². The lowest BCUT2D eigenvalue weighted by Crippen LogP contribution is -2.28. The van der Waals surface area contributed by atoms with Gasteiger partial charge >= 0.3 is 5.69 Å². The lowest BCUT2D eigenvalue weighted by Gasteiger charge is -2.23. The number of nitrogen functional groups attached to an aromatic ring is 1. The molecule has 1 aliphatic heterocycles. The van der Waals surface area contributed by atoms with Crippen LogP contribution in [0.3, 0.4) is 0 Å². The number of nitrogens with two attached hydrogens (primary N) is 1. The molecule has 1 aliphatic rings. The Morgan fingerprint density at radius 2 is 2.06 bits per heavy atom. The molecule has 1 saturated heterocycles. The third-order valence-corrected chi connectivity index (χ3v) is 2.70. The fourth-order valence-corrected chi connectivity index (χ4v) is 1.80. The second-order valence-electron chi connectivity index (χ2n) is 3.85. The molecule has 1 fully saturated rings. The van der Waals surface area contributed by atoms with Crippen LogP contribution in [0.4, 0.5) is 17.3 Å². The van der Waals surface area contributed by atoms with Gasteiger partial charge in [-0.25, -0.2) is 15.8 Å². The molecule has 2 heterocycles. The number of rotatable bonds is 4. The van der Waals surface area contributed by atoms with Crippen LogP contribution < -0.4 is 16.6 Å². The van der Waals surface area contributed by atoms with Gasteiger partial charge in [0.2, 0.25) is 11.6 Å². The van der Waals surface area contributed by atoms with Crippen LogP contribution in [0.1, 0.15) is 12.8 Å². The highest BCUT2D eigenvalue weighted by atomic mass is 16.6. The Hall–Kier alpha value is -2.00. The maximum atomic E-state index is 11.0. The first-order valence-electron chi connectivity index (χ1n) is 5.52. The van der Waals surface area contributed by atoms with Crippen molar-refractivity contribution >= 4 is 17.3 Å². The van der Waals surface area contributed by atoms with E-state index in [2.05, 4.69) is 20.7 Å². The van der Waals surface area contributed by atoms with Gasteiger partial charge in [0, 0.05) is 19.3 Å². The molecule has 0 amide bonds. The number of hydrazine groups is 1. The van der Waals surface area contributed by atoms with E-state index >= 15 is 0 Å². The smallest absolute Gasteiger partial charge is 0.354 e. The average molecular weight is 254 g/mol. The summed E-state index contributed by atoms with van der Waals surface area (Å²) in [7, 11) is 0. The zero-order valence-corrected chi connectivity index (χ0v) is 9.63. The summed E-state index contributed by atoms with van der Waals surface area (Å²) in [6, 6.07) is 0.109. The highest BCUT2D eigenvalue weighted by molar-refractivity contribution is 5.69. The number of anilines is 2. The molecule has 18 heavy (non-hydrogen) atoms. The van der Waals surface area contributed by atoms with E-state index < -0.39 is 4.92 Å². The topological polar surface area (TPSA) is 128 Å². The Bertz CT molecular complexity index is 434. The first-order chi connectivity index (χ1) is 8.72. The Morgan fingerprint density at radius 3 is 2.67 bits per heavy atom. The van der Waals surface area contributed by atoms with E-state index in [9.17, 15) is 10.1 Å². The van der Waals surface area contributed by atoms with E-state index in [0.717, 1.165) is 12.8 Å². The molecule has 0 unspecified atom stereocenters. The standard InChI is InChI=1S/C9H14N6O3/c10-14-9-7(15(16)17)8(11-5-12-9)13-6-1-3-18-4-2-6/h5-6H,1-4,10H2,(H2,11,12,13,14). The Labute approximate surface area is 103 Å². The van der Waals surface area contributed by atoms with Crippen molar-refractivity contribution in [1.82, 2.24) is 9.97 Å². The van der Waals surface area contributed by atoms with E-state index in [-0.39, 0.29) is 23.4 Å². The summed E-state index contributed by atoms with van der Waals surface area (Å²) in [4.78, 5) is 18.1. The van der Waals surface area contributed by atoms with Gasteiger partial charge in [0.1, 0.15) is 6.33 Å². The maximum Gasteiger partial charge on any atom is 0.354 e. The summed E-state index contributed by atoms with van der Waals surface area (Å²) in [5.41, 5.74) is 1.95. The molecular formula is C9H14N6O3. The molecule has 0 radical (unpaired) electrons. The summed E-state index contributed by atoms with van der Waals surface area (Å²) in [6.07, 6.45) is 2.79. The van der Waals surface area contributed by atoms with Gasteiger partial charge in [0.25, 0.3) is 0 Å². The third-order valence-electron chi connectivity index (χ3n) is 2.70. The first-order valence-corrected chi connectivity index (χ1v) is 5.52. The third kappa shape index (κ3) is 2.63. The van der Waals surface area contributed by atoms with Gasteiger partial charge in [0.05, 0.1) is 4.92 Å². The fourth-order valence-electron chi connectivity index (χ4n) is 1.80. The number of nitrogens with zero attached hydrogens (tertiary/aromatic N) is 3. The minimum atomic E-state index is -0.559. The molecule has 0 bridgehead atoms. The predicted molar refractivity (Wildman–Crippen MR) is 64.0 cm³/mol. The normalized spacial score (nSPS) is 16.3. The highest BCUT2D eigenvalue weighted by Gasteiger charge is 2.25. The Kier molecular flexibility index (Phi) is 3.85. The van der Waals surface area contributed by atoms with Crippen molar-refractivity contribution in [3.63, 3.8) is 0 Å². The van der Waals surface area contributed by atoms with Crippen molar-refractivity contribution in [3.05, 3.63) is 16.4 Å². The number of ether oxygens (including phenoxy) is 1. The molecule has 9 nitrogen and oxygen atoms in total. The van der Waals surface area contributed by atoms with Crippen LogP contribution in [-0.4, -0.2) is 34.1 Å². The van der Waals surface area contributed by atoms with Crippen LogP contribution in [0.25, 0.3) is 0 Å². The number of nitrogens with one attached hydrogen (secondary N) is 2. The van der Waals surface area contributed by atoms with Gasteiger partial charge in [-0.2, -0.15) is 0 Å².